The van der Waals surface area contributed by atoms with Crippen molar-refractivity contribution in [2.75, 3.05) is 19.6 Å². The molecule has 0 radical (unpaired) electrons. The van der Waals surface area contributed by atoms with E-state index in [0.29, 0.717) is 0 Å². The first-order chi connectivity index (χ1) is 12.8. The van der Waals surface area contributed by atoms with E-state index in [1.165, 1.54) is 37.8 Å². The summed E-state index contributed by atoms with van der Waals surface area (Å²) in [6, 6.07) is 6.94. The maximum atomic E-state index is 10.6. The Hall–Kier alpha value is -2.48. The number of nitro benzene ring substituents is 1. The number of nitro groups is 1. The van der Waals surface area contributed by atoms with E-state index in [1.807, 2.05) is 12.1 Å². The van der Waals surface area contributed by atoms with Crippen LogP contribution in [0.3, 0.4) is 0 Å². The molecule has 2 N–H and O–H groups in total. The first-order valence-corrected chi connectivity index (χ1v) is 9.23. The van der Waals surface area contributed by atoms with Gasteiger partial charge in [-0.3, -0.25) is 10.1 Å². The van der Waals surface area contributed by atoms with Gasteiger partial charge in [-0.05, 0) is 50.9 Å². The van der Waals surface area contributed by atoms with Crippen molar-refractivity contribution in [3.63, 3.8) is 0 Å². The zero-order valence-electron chi connectivity index (χ0n) is 16.1. The molecule has 152 valence electrons. The maximum absolute atomic E-state index is 10.6. The van der Waals surface area contributed by atoms with Crippen molar-refractivity contribution in [3.05, 3.63) is 39.9 Å². The summed E-state index contributed by atoms with van der Waals surface area (Å²) in [4.78, 5) is 31.0. The molecule has 8 nitrogen and oxygen atoms in total. The first-order valence-electron chi connectivity index (χ1n) is 9.23. The van der Waals surface area contributed by atoms with E-state index < -0.39 is 11.9 Å². The van der Waals surface area contributed by atoms with Crippen molar-refractivity contribution in [3.8, 4) is 0 Å². The third kappa shape index (κ3) is 12.5. The second-order valence-electron chi connectivity index (χ2n) is 6.13. The van der Waals surface area contributed by atoms with Gasteiger partial charge in [0, 0.05) is 12.1 Å². The molecule has 1 rings (SSSR count). The van der Waals surface area contributed by atoms with Crippen molar-refractivity contribution in [2.45, 2.75) is 52.4 Å². The number of aryl methyl sites for hydroxylation is 1. The monoisotopic (exact) mass is 382 g/mol. The molecule has 0 unspecified atom stereocenters. The predicted molar refractivity (Wildman–Crippen MR) is 103 cm³/mol. The highest BCUT2D eigenvalue weighted by atomic mass is 16.6. The molecule has 0 aliphatic heterocycles. The zero-order chi connectivity index (χ0) is 20.7. The number of unbranched alkanes of at least 4 members (excludes halogenated alkanes) is 3. The Morgan fingerprint density at radius 1 is 0.963 bits per heavy atom. The zero-order valence-corrected chi connectivity index (χ0v) is 16.1. The van der Waals surface area contributed by atoms with E-state index in [-0.39, 0.29) is 10.6 Å². The van der Waals surface area contributed by atoms with Crippen LogP contribution in [0.15, 0.2) is 24.3 Å². The van der Waals surface area contributed by atoms with Gasteiger partial charge in [-0.1, -0.05) is 38.8 Å². The average Bonchev–Trinajstić information content (AvgIpc) is 2.64. The molecule has 0 saturated heterocycles. The van der Waals surface area contributed by atoms with Crippen LogP contribution in [0, 0.1) is 10.1 Å². The first kappa shape index (κ1) is 24.5. The summed E-state index contributed by atoms with van der Waals surface area (Å²) in [5, 5.41) is 25.4. The molecule has 0 atom stereocenters. The number of benzene rings is 1. The highest BCUT2D eigenvalue weighted by Gasteiger charge is 2.05. The lowest BCUT2D eigenvalue weighted by atomic mass is 10.1. The summed E-state index contributed by atoms with van der Waals surface area (Å²) in [5.41, 5.74) is 1.36. The average molecular weight is 382 g/mol. The normalized spacial score (nSPS) is 10.2. The topological polar surface area (TPSA) is 121 Å². The van der Waals surface area contributed by atoms with Crippen molar-refractivity contribution in [2.24, 2.45) is 0 Å². The van der Waals surface area contributed by atoms with Crippen LogP contribution >= 0.6 is 0 Å². The Kier molecular flexibility index (Phi) is 13.3. The van der Waals surface area contributed by atoms with Crippen molar-refractivity contribution in [1.82, 2.24) is 4.90 Å². The molecular weight excluding hydrogens is 352 g/mol. The van der Waals surface area contributed by atoms with Gasteiger partial charge in [-0.2, -0.15) is 0 Å². The molecule has 0 aromatic heterocycles. The largest absolute Gasteiger partial charge is 0.473 e. The van der Waals surface area contributed by atoms with E-state index in [1.54, 1.807) is 12.1 Å². The fourth-order valence-electron chi connectivity index (χ4n) is 2.46. The highest BCUT2D eigenvalue weighted by molar-refractivity contribution is 6.27. The van der Waals surface area contributed by atoms with E-state index in [9.17, 15) is 10.1 Å². The summed E-state index contributed by atoms with van der Waals surface area (Å²) in [7, 11) is 0. The van der Waals surface area contributed by atoms with E-state index in [2.05, 4.69) is 18.7 Å². The van der Waals surface area contributed by atoms with Crippen LogP contribution < -0.4 is 0 Å². The van der Waals surface area contributed by atoms with Gasteiger partial charge in [0.2, 0.25) is 0 Å². The Balaban J connectivity index is 0.000000972. The summed E-state index contributed by atoms with van der Waals surface area (Å²) >= 11 is 0. The second kappa shape index (κ2) is 14.7. The lowest BCUT2D eigenvalue weighted by Crippen LogP contribution is -2.25. The van der Waals surface area contributed by atoms with Gasteiger partial charge in [-0.15, -0.1) is 0 Å². The molecule has 1 aromatic rings. The minimum Gasteiger partial charge on any atom is -0.473 e. The SMILES string of the molecule is CCCCCN(CC)CCCCc1ccc([N+](=O)[O-])cc1.O=C(O)C(=O)O. The quantitative estimate of drug-likeness (QED) is 0.260. The minimum atomic E-state index is -1.82. The molecule has 0 aliphatic rings. The van der Waals surface area contributed by atoms with E-state index in [0.717, 1.165) is 25.9 Å². The van der Waals surface area contributed by atoms with Crippen LogP contribution in [0.5, 0.6) is 0 Å². The van der Waals surface area contributed by atoms with Crippen LogP contribution in [0.1, 0.15) is 51.5 Å². The molecule has 0 aliphatic carbocycles. The number of carbonyl (C=O) groups is 2. The molecule has 0 bridgehead atoms. The Bertz CT molecular complexity index is 562. The molecule has 8 heteroatoms. The van der Waals surface area contributed by atoms with Gasteiger partial charge in [0.25, 0.3) is 5.69 Å². The van der Waals surface area contributed by atoms with Gasteiger partial charge in [0.05, 0.1) is 4.92 Å². The third-order valence-electron chi connectivity index (χ3n) is 4.05. The van der Waals surface area contributed by atoms with E-state index >= 15 is 0 Å². The third-order valence-corrected chi connectivity index (χ3v) is 4.05. The van der Waals surface area contributed by atoms with Crippen LogP contribution in [0.4, 0.5) is 5.69 Å². The predicted octanol–water partition coefficient (Wildman–Crippen LogP) is 3.59. The van der Waals surface area contributed by atoms with Gasteiger partial charge < -0.3 is 15.1 Å². The number of aliphatic carboxylic acids is 2. The number of rotatable bonds is 11. The number of carboxylic acids is 2. The molecule has 0 saturated carbocycles. The number of hydrogen-bond acceptors (Lipinski definition) is 5. The van der Waals surface area contributed by atoms with Crippen LogP contribution in [0.2, 0.25) is 0 Å². The van der Waals surface area contributed by atoms with Gasteiger partial charge in [0.15, 0.2) is 0 Å². The number of carboxylic acid groups (broad SMARTS) is 2. The van der Waals surface area contributed by atoms with Crippen LogP contribution in [0.25, 0.3) is 0 Å². The molecular formula is C19H30N2O6. The Labute approximate surface area is 160 Å². The molecule has 0 amide bonds. The Morgan fingerprint density at radius 3 is 1.89 bits per heavy atom. The highest BCUT2D eigenvalue weighted by Crippen LogP contribution is 2.13. The molecule has 1 aromatic carbocycles. The number of nitrogens with zero attached hydrogens (tertiary/aromatic N) is 2. The Morgan fingerprint density at radius 2 is 1.48 bits per heavy atom. The number of hydrogen-bond donors (Lipinski definition) is 2. The van der Waals surface area contributed by atoms with Gasteiger partial charge in [0.1, 0.15) is 0 Å². The fourth-order valence-corrected chi connectivity index (χ4v) is 2.46. The van der Waals surface area contributed by atoms with Crippen molar-refractivity contribution >= 4 is 17.6 Å². The minimum absolute atomic E-state index is 0.173. The standard InChI is InChI=1S/C17H28N2O2.C2H2O4/c1-3-5-7-14-18(4-2)15-8-6-9-16-10-12-17(13-11-16)19(20)21;3-1(4)2(5)6/h10-13H,3-9,14-15H2,1-2H3;(H,3,4)(H,5,6). The smallest absolute Gasteiger partial charge is 0.414 e. The summed E-state index contributed by atoms with van der Waals surface area (Å²) < 4.78 is 0. The van der Waals surface area contributed by atoms with Crippen molar-refractivity contribution < 1.29 is 24.7 Å². The molecule has 0 spiro atoms. The summed E-state index contributed by atoms with van der Waals surface area (Å²) in [6.07, 6.45) is 7.23. The molecule has 27 heavy (non-hydrogen) atoms. The van der Waals surface area contributed by atoms with Gasteiger partial charge >= 0.3 is 11.9 Å². The molecule has 0 fully saturated rings. The van der Waals surface area contributed by atoms with E-state index in [4.69, 9.17) is 19.8 Å². The lowest BCUT2D eigenvalue weighted by molar-refractivity contribution is -0.384. The van der Waals surface area contributed by atoms with Crippen LogP contribution in [-0.4, -0.2) is 51.6 Å². The summed E-state index contributed by atoms with van der Waals surface area (Å²) in [6.45, 7) is 7.96. The van der Waals surface area contributed by atoms with Crippen molar-refractivity contribution in [1.29, 1.82) is 0 Å². The van der Waals surface area contributed by atoms with Gasteiger partial charge in [-0.25, -0.2) is 9.59 Å². The number of non-ortho nitro benzene ring substituents is 1. The lowest BCUT2D eigenvalue weighted by Gasteiger charge is -2.20. The summed E-state index contributed by atoms with van der Waals surface area (Å²) in [5.74, 6) is -3.65. The van der Waals surface area contributed by atoms with Crippen LogP contribution in [-0.2, 0) is 16.0 Å². The fraction of sp³-hybridized carbons (Fsp3) is 0.579. The molecule has 0 heterocycles. The second-order valence-corrected chi connectivity index (χ2v) is 6.13. The maximum Gasteiger partial charge on any atom is 0.414 e.